The number of aromatic nitrogens is 1. The maximum Gasteiger partial charge on any atom is 0.162 e. The highest BCUT2D eigenvalue weighted by atomic mass is 32.2. The number of hydrogen-bond donors (Lipinski definition) is 1. The lowest BCUT2D eigenvalue weighted by Gasteiger charge is -2.07. The smallest absolute Gasteiger partial charge is 0.162 e. The fourth-order valence-electron chi connectivity index (χ4n) is 1.56. The highest BCUT2D eigenvalue weighted by Crippen LogP contribution is 2.36. The maximum absolute atomic E-state index is 8.67. The largest absolute Gasteiger partial charge is 0.493 e. The number of nitrogens with zero attached hydrogens (tertiary/aromatic N) is 1. The summed E-state index contributed by atoms with van der Waals surface area (Å²) in [6.07, 6.45) is 1.80. The molecule has 0 amide bonds. The van der Waals surface area contributed by atoms with Crippen LogP contribution >= 0.6 is 11.8 Å². The fraction of sp³-hybridized carbons (Fsp3) is 0.182. The Kier molecular flexibility index (Phi) is 2.93. The molecule has 0 saturated carbocycles. The number of aromatic amines is 1. The van der Waals surface area contributed by atoms with E-state index in [1.54, 1.807) is 20.4 Å². The Morgan fingerprint density at radius 2 is 1.94 bits per heavy atom. The number of hydrogen-bond acceptors (Lipinski definition) is 4. The second-order valence-corrected chi connectivity index (χ2v) is 3.93. The van der Waals surface area contributed by atoms with E-state index >= 15 is 0 Å². The van der Waals surface area contributed by atoms with Crippen LogP contribution in [0.4, 0.5) is 0 Å². The molecule has 0 aliphatic carbocycles. The zero-order valence-corrected chi connectivity index (χ0v) is 9.72. The first-order valence-corrected chi connectivity index (χ1v) is 5.41. The summed E-state index contributed by atoms with van der Waals surface area (Å²) in [4.78, 5) is 3.98. The zero-order chi connectivity index (χ0) is 11.5. The lowest BCUT2D eigenvalue weighted by atomic mass is 10.2. The molecule has 0 unspecified atom stereocenters. The molecule has 4 nitrogen and oxygen atoms in total. The van der Waals surface area contributed by atoms with Crippen molar-refractivity contribution in [3.05, 3.63) is 18.3 Å². The topological polar surface area (TPSA) is 58.0 Å². The summed E-state index contributed by atoms with van der Waals surface area (Å²) in [5, 5.41) is 11.7. The minimum Gasteiger partial charge on any atom is -0.493 e. The van der Waals surface area contributed by atoms with Crippen molar-refractivity contribution < 1.29 is 9.47 Å². The van der Waals surface area contributed by atoms with Gasteiger partial charge in [0.05, 0.1) is 19.7 Å². The molecule has 0 radical (unpaired) electrons. The molecule has 16 heavy (non-hydrogen) atoms. The summed E-state index contributed by atoms with van der Waals surface area (Å²) < 4.78 is 10.4. The minimum absolute atomic E-state index is 0.661. The standard InChI is InChI=1S/C11H10N2O2S/c1-14-9-3-7-8(4-10(9)15-2)13-5-11(7)16-6-12/h3-5,13H,1-2H3. The summed E-state index contributed by atoms with van der Waals surface area (Å²) >= 11 is 1.12. The molecule has 1 aromatic heterocycles. The van der Waals surface area contributed by atoms with Crippen LogP contribution in [0.15, 0.2) is 23.2 Å². The van der Waals surface area contributed by atoms with Crippen molar-refractivity contribution >= 4 is 22.7 Å². The van der Waals surface area contributed by atoms with Gasteiger partial charge in [0, 0.05) is 22.5 Å². The molecule has 0 aliphatic rings. The Morgan fingerprint density at radius 3 is 2.56 bits per heavy atom. The molecule has 1 N–H and O–H groups in total. The molecular formula is C11H10N2O2S. The van der Waals surface area contributed by atoms with Crippen LogP contribution in [0.25, 0.3) is 10.9 Å². The minimum atomic E-state index is 0.661. The number of ether oxygens (including phenoxy) is 2. The molecule has 2 aromatic rings. The van der Waals surface area contributed by atoms with Gasteiger partial charge in [-0.05, 0) is 17.8 Å². The first-order chi connectivity index (χ1) is 7.80. The van der Waals surface area contributed by atoms with Crippen molar-refractivity contribution in [3.63, 3.8) is 0 Å². The molecule has 0 aliphatic heterocycles. The predicted octanol–water partition coefficient (Wildman–Crippen LogP) is 2.76. The van der Waals surface area contributed by atoms with Gasteiger partial charge >= 0.3 is 0 Å². The quantitative estimate of drug-likeness (QED) is 0.655. The normalized spacial score (nSPS) is 10.1. The van der Waals surface area contributed by atoms with Crippen molar-refractivity contribution in [2.24, 2.45) is 0 Å². The van der Waals surface area contributed by atoms with Crippen molar-refractivity contribution in [1.82, 2.24) is 4.98 Å². The fourth-order valence-corrected chi connectivity index (χ4v) is 2.05. The number of benzene rings is 1. The molecule has 5 heteroatoms. The summed E-state index contributed by atoms with van der Waals surface area (Å²) in [5.74, 6) is 1.33. The third-order valence-electron chi connectivity index (χ3n) is 2.30. The third-order valence-corrected chi connectivity index (χ3v) is 2.95. The molecule has 1 aromatic carbocycles. The van der Waals surface area contributed by atoms with Gasteiger partial charge in [-0.25, -0.2) is 0 Å². The Labute approximate surface area is 97.2 Å². The van der Waals surface area contributed by atoms with Crippen LogP contribution in [0.1, 0.15) is 0 Å². The van der Waals surface area contributed by atoms with E-state index in [4.69, 9.17) is 14.7 Å². The van der Waals surface area contributed by atoms with Crippen LogP contribution in [0, 0.1) is 10.7 Å². The molecule has 0 saturated heterocycles. The zero-order valence-electron chi connectivity index (χ0n) is 8.90. The Morgan fingerprint density at radius 1 is 1.25 bits per heavy atom. The monoisotopic (exact) mass is 234 g/mol. The predicted molar refractivity (Wildman–Crippen MR) is 62.9 cm³/mol. The number of H-pyrrole nitrogens is 1. The number of nitriles is 1. The van der Waals surface area contributed by atoms with Gasteiger partial charge in [-0.1, -0.05) is 0 Å². The van der Waals surface area contributed by atoms with Gasteiger partial charge in [0.1, 0.15) is 5.40 Å². The maximum atomic E-state index is 8.67. The van der Waals surface area contributed by atoms with Crippen molar-refractivity contribution in [2.45, 2.75) is 4.90 Å². The Hall–Kier alpha value is -1.80. The van der Waals surface area contributed by atoms with Crippen LogP contribution in [-0.4, -0.2) is 19.2 Å². The van der Waals surface area contributed by atoms with Crippen molar-refractivity contribution in [2.75, 3.05) is 14.2 Å². The van der Waals surface area contributed by atoms with E-state index < -0.39 is 0 Å². The van der Waals surface area contributed by atoms with Crippen molar-refractivity contribution in [3.8, 4) is 16.9 Å². The molecular weight excluding hydrogens is 224 g/mol. The number of fused-ring (bicyclic) bond motifs is 1. The average Bonchev–Trinajstić information content (AvgIpc) is 2.70. The van der Waals surface area contributed by atoms with Gasteiger partial charge in [-0.15, -0.1) is 0 Å². The molecule has 0 spiro atoms. The second-order valence-electron chi connectivity index (χ2n) is 3.10. The SMILES string of the molecule is COc1cc2[nH]cc(SC#N)c2cc1OC. The number of thioether (sulfide) groups is 1. The van der Waals surface area contributed by atoms with Crippen LogP contribution in [-0.2, 0) is 0 Å². The summed E-state index contributed by atoms with van der Waals surface area (Å²) in [7, 11) is 3.19. The van der Waals surface area contributed by atoms with E-state index in [2.05, 4.69) is 10.4 Å². The van der Waals surface area contributed by atoms with E-state index in [9.17, 15) is 0 Å². The highest BCUT2D eigenvalue weighted by molar-refractivity contribution is 8.04. The number of methoxy groups -OCH3 is 2. The van der Waals surface area contributed by atoms with E-state index in [-0.39, 0.29) is 0 Å². The molecule has 0 fully saturated rings. The summed E-state index contributed by atoms with van der Waals surface area (Å²) in [5.41, 5.74) is 0.926. The van der Waals surface area contributed by atoms with Gasteiger partial charge in [-0.2, -0.15) is 5.26 Å². The molecule has 1 heterocycles. The summed E-state index contributed by atoms with van der Waals surface area (Å²) in [6, 6.07) is 3.72. The van der Waals surface area contributed by atoms with Gasteiger partial charge in [0.15, 0.2) is 11.5 Å². The summed E-state index contributed by atoms with van der Waals surface area (Å²) in [6.45, 7) is 0. The first kappa shape index (κ1) is 10.7. The lowest BCUT2D eigenvalue weighted by Crippen LogP contribution is -1.89. The van der Waals surface area contributed by atoms with Crippen LogP contribution in [0.5, 0.6) is 11.5 Å². The van der Waals surface area contributed by atoms with Crippen molar-refractivity contribution in [1.29, 1.82) is 5.26 Å². The average molecular weight is 234 g/mol. The molecule has 82 valence electrons. The first-order valence-electron chi connectivity index (χ1n) is 4.59. The third kappa shape index (κ3) is 1.68. The second kappa shape index (κ2) is 4.37. The number of nitrogens with one attached hydrogen (secondary N) is 1. The van der Waals surface area contributed by atoms with Crippen LogP contribution in [0.2, 0.25) is 0 Å². The van der Waals surface area contributed by atoms with E-state index in [1.807, 2.05) is 12.1 Å². The Balaban J connectivity index is 2.62. The van der Waals surface area contributed by atoms with Gasteiger partial charge < -0.3 is 14.5 Å². The van der Waals surface area contributed by atoms with E-state index in [0.717, 1.165) is 27.6 Å². The molecule has 0 atom stereocenters. The highest BCUT2D eigenvalue weighted by Gasteiger charge is 2.10. The van der Waals surface area contributed by atoms with E-state index in [1.165, 1.54) is 0 Å². The molecule has 0 bridgehead atoms. The van der Waals surface area contributed by atoms with Gasteiger partial charge in [0.25, 0.3) is 0 Å². The van der Waals surface area contributed by atoms with Gasteiger partial charge in [-0.3, -0.25) is 0 Å². The van der Waals surface area contributed by atoms with E-state index in [0.29, 0.717) is 11.5 Å². The van der Waals surface area contributed by atoms with Crippen LogP contribution in [0.3, 0.4) is 0 Å². The number of rotatable bonds is 3. The van der Waals surface area contributed by atoms with Gasteiger partial charge in [0.2, 0.25) is 0 Å². The van der Waals surface area contributed by atoms with Crippen LogP contribution < -0.4 is 9.47 Å². The lowest BCUT2D eigenvalue weighted by molar-refractivity contribution is 0.356. The Bertz CT molecular complexity index is 557. The molecule has 2 rings (SSSR count). The number of thiocyanates is 1.